The van der Waals surface area contributed by atoms with Gasteiger partial charge in [0, 0.05) is 15.7 Å². The molecule has 0 amide bonds. The van der Waals surface area contributed by atoms with E-state index in [1.807, 2.05) is 45.1 Å². The Balaban J connectivity index is 1.92. The molecule has 1 aliphatic heterocycles. The molecule has 4 heteroatoms. The standard InChI is InChI=1S/C5H8S4/c1-6-4-8-9-5-2-7-3-5/h2H,3-4H2,1H3. The molecule has 0 bridgehead atoms. The quantitative estimate of drug-likeness (QED) is 0.384. The Morgan fingerprint density at radius 1 is 1.78 bits per heavy atom. The van der Waals surface area contributed by atoms with Gasteiger partial charge in [-0.25, -0.2) is 0 Å². The van der Waals surface area contributed by atoms with Crippen molar-refractivity contribution in [2.75, 3.05) is 17.1 Å². The van der Waals surface area contributed by atoms with Crippen LogP contribution in [0.1, 0.15) is 0 Å². The average molecular weight is 196 g/mol. The molecule has 0 aromatic rings. The van der Waals surface area contributed by atoms with Crippen LogP contribution in [0.4, 0.5) is 0 Å². The van der Waals surface area contributed by atoms with Gasteiger partial charge < -0.3 is 0 Å². The van der Waals surface area contributed by atoms with Gasteiger partial charge in [-0.1, -0.05) is 21.6 Å². The van der Waals surface area contributed by atoms with Gasteiger partial charge in [0.2, 0.25) is 0 Å². The summed E-state index contributed by atoms with van der Waals surface area (Å²) in [5.74, 6) is 1.24. The zero-order valence-corrected chi connectivity index (χ0v) is 8.39. The van der Waals surface area contributed by atoms with Gasteiger partial charge in [-0.2, -0.15) is 11.8 Å². The molecule has 0 radical (unpaired) electrons. The summed E-state index contributed by atoms with van der Waals surface area (Å²) in [7, 11) is 3.86. The summed E-state index contributed by atoms with van der Waals surface area (Å²) < 4.78 is 0. The van der Waals surface area contributed by atoms with E-state index in [9.17, 15) is 0 Å². The third-order valence-electron chi connectivity index (χ3n) is 0.772. The first kappa shape index (κ1) is 8.24. The van der Waals surface area contributed by atoms with Gasteiger partial charge in [0.1, 0.15) is 0 Å². The maximum atomic E-state index is 2.23. The van der Waals surface area contributed by atoms with Gasteiger partial charge in [0.25, 0.3) is 0 Å². The van der Waals surface area contributed by atoms with Crippen LogP contribution in [-0.2, 0) is 0 Å². The van der Waals surface area contributed by atoms with Gasteiger partial charge in [-0.3, -0.25) is 0 Å². The molecule has 1 rings (SSSR count). The number of hydrogen-bond acceptors (Lipinski definition) is 4. The molecule has 0 atom stereocenters. The normalized spacial score (nSPS) is 16.8. The van der Waals surface area contributed by atoms with Gasteiger partial charge >= 0.3 is 0 Å². The Hall–Kier alpha value is 1.14. The molecule has 0 saturated heterocycles. The first-order valence-corrected chi connectivity index (χ1v) is 7.28. The van der Waals surface area contributed by atoms with Crippen LogP contribution < -0.4 is 0 Å². The molecule has 0 nitrogen and oxygen atoms in total. The van der Waals surface area contributed by atoms with Crippen molar-refractivity contribution < 1.29 is 0 Å². The van der Waals surface area contributed by atoms with Crippen LogP contribution >= 0.6 is 45.1 Å². The van der Waals surface area contributed by atoms with Crippen LogP contribution in [-0.4, -0.2) is 17.1 Å². The van der Waals surface area contributed by atoms with E-state index in [0.29, 0.717) is 0 Å². The minimum absolute atomic E-state index is 1.20. The topological polar surface area (TPSA) is 0 Å². The zero-order chi connectivity index (χ0) is 6.53. The summed E-state index contributed by atoms with van der Waals surface area (Å²) >= 11 is 3.79. The molecule has 0 unspecified atom stereocenters. The van der Waals surface area contributed by atoms with E-state index in [-0.39, 0.29) is 0 Å². The van der Waals surface area contributed by atoms with E-state index in [0.717, 1.165) is 0 Å². The van der Waals surface area contributed by atoms with Crippen molar-refractivity contribution in [3.05, 3.63) is 10.3 Å². The van der Waals surface area contributed by atoms with Crippen LogP contribution in [0, 0.1) is 0 Å². The largest absolute Gasteiger partial charge is 0.154 e. The Bertz CT molecular complexity index is 110. The van der Waals surface area contributed by atoms with Gasteiger partial charge in [-0.05, 0) is 11.7 Å². The molecule has 0 aliphatic carbocycles. The van der Waals surface area contributed by atoms with E-state index in [2.05, 4.69) is 11.7 Å². The molecule has 0 aromatic heterocycles. The van der Waals surface area contributed by atoms with Crippen LogP contribution in [0.15, 0.2) is 10.3 Å². The second-order valence-corrected chi connectivity index (χ2v) is 6.01. The van der Waals surface area contributed by atoms with Gasteiger partial charge in [0.05, 0.1) is 0 Å². The summed E-state index contributed by atoms with van der Waals surface area (Å²) in [4.78, 5) is 1.54. The molecule has 1 aliphatic rings. The fraction of sp³-hybridized carbons (Fsp3) is 0.600. The van der Waals surface area contributed by atoms with Crippen molar-refractivity contribution in [2.45, 2.75) is 0 Å². The molecule has 1 heterocycles. The maximum Gasteiger partial charge on any atom is 0.0496 e. The van der Waals surface area contributed by atoms with E-state index >= 15 is 0 Å². The second-order valence-electron chi connectivity index (χ2n) is 1.50. The van der Waals surface area contributed by atoms with E-state index in [4.69, 9.17) is 0 Å². The minimum atomic E-state index is 1.20. The highest BCUT2D eigenvalue weighted by atomic mass is 33.1. The highest BCUT2D eigenvalue weighted by molar-refractivity contribution is 8.79. The van der Waals surface area contributed by atoms with Crippen molar-refractivity contribution in [3.8, 4) is 0 Å². The van der Waals surface area contributed by atoms with Crippen LogP contribution in [0.2, 0.25) is 0 Å². The van der Waals surface area contributed by atoms with Crippen molar-refractivity contribution in [2.24, 2.45) is 0 Å². The molecule has 52 valence electrons. The highest BCUT2D eigenvalue weighted by Gasteiger charge is 2.05. The lowest BCUT2D eigenvalue weighted by Gasteiger charge is -2.10. The number of hydrogen-bond donors (Lipinski definition) is 0. The van der Waals surface area contributed by atoms with Crippen molar-refractivity contribution in [1.82, 2.24) is 0 Å². The summed E-state index contributed by atoms with van der Waals surface area (Å²) in [5, 5.41) is 3.44. The predicted molar refractivity (Wildman–Crippen MR) is 54.1 cm³/mol. The first-order chi connectivity index (χ1) is 4.43. The van der Waals surface area contributed by atoms with Crippen molar-refractivity contribution in [3.63, 3.8) is 0 Å². The fourth-order valence-corrected chi connectivity index (χ4v) is 4.67. The molecule has 0 spiro atoms. The fourth-order valence-electron chi connectivity index (χ4n) is 0.343. The maximum absolute atomic E-state index is 2.23. The van der Waals surface area contributed by atoms with E-state index < -0.39 is 0 Å². The van der Waals surface area contributed by atoms with E-state index in [1.54, 1.807) is 4.91 Å². The van der Waals surface area contributed by atoms with Crippen LogP contribution in [0.5, 0.6) is 0 Å². The molecular formula is C5H8S4. The first-order valence-electron chi connectivity index (χ1n) is 2.52. The van der Waals surface area contributed by atoms with Crippen LogP contribution in [0.3, 0.4) is 0 Å². The summed E-state index contributed by atoms with van der Waals surface area (Å²) in [6.07, 6.45) is 2.14. The minimum Gasteiger partial charge on any atom is -0.154 e. The molecular weight excluding hydrogens is 188 g/mol. The lowest BCUT2D eigenvalue weighted by molar-refractivity contribution is 1.70. The Morgan fingerprint density at radius 3 is 3.00 bits per heavy atom. The Kier molecular flexibility index (Phi) is 4.47. The molecule has 9 heavy (non-hydrogen) atoms. The highest BCUT2D eigenvalue weighted by Crippen LogP contribution is 2.40. The lowest BCUT2D eigenvalue weighted by Crippen LogP contribution is -1.86. The second kappa shape index (κ2) is 4.88. The average Bonchev–Trinajstić information content (AvgIpc) is 1.76. The van der Waals surface area contributed by atoms with Crippen LogP contribution in [0.25, 0.3) is 0 Å². The Labute approximate surface area is 72.4 Å². The lowest BCUT2D eigenvalue weighted by atomic mass is 10.7. The number of thioether (sulfide) groups is 2. The van der Waals surface area contributed by atoms with Gasteiger partial charge in [-0.15, -0.1) is 11.8 Å². The van der Waals surface area contributed by atoms with Crippen molar-refractivity contribution in [1.29, 1.82) is 0 Å². The Morgan fingerprint density at radius 2 is 2.56 bits per heavy atom. The molecule has 0 aromatic carbocycles. The summed E-state index contributed by atoms with van der Waals surface area (Å²) in [6, 6.07) is 0. The van der Waals surface area contributed by atoms with Gasteiger partial charge in [0.15, 0.2) is 0 Å². The summed E-state index contributed by atoms with van der Waals surface area (Å²) in [5.41, 5.74) is 0. The SMILES string of the molecule is CSCSSC1=CSC1. The molecule has 0 saturated carbocycles. The smallest absolute Gasteiger partial charge is 0.0496 e. The summed E-state index contributed by atoms with van der Waals surface area (Å²) in [6.45, 7) is 0. The third kappa shape index (κ3) is 3.16. The van der Waals surface area contributed by atoms with E-state index in [1.165, 1.54) is 10.8 Å². The molecule has 0 fully saturated rings. The molecule has 0 N–H and O–H groups in total. The third-order valence-corrected chi connectivity index (χ3v) is 5.82. The number of rotatable bonds is 4. The predicted octanol–water partition coefficient (Wildman–Crippen LogP) is 3.28. The zero-order valence-electron chi connectivity index (χ0n) is 5.12. The van der Waals surface area contributed by atoms with Crippen molar-refractivity contribution >= 4 is 45.1 Å². The monoisotopic (exact) mass is 196 g/mol.